The van der Waals surface area contributed by atoms with E-state index in [0.717, 1.165) is 42.9 Å². The van der Waals surface area contributed by atoms with Gasteiger partial charge < -0.3 is 24.4 Å². The van der Waals surface area contributed by atoms with Crippen molar-refractivity contribution in [3.05, 3.63) is 71.4 Å². The van der Waals surface area contributed by atoms with Crippen LogP contribution in [0.15, 0.2) is 54.7 Å². The number of nitrogens with one attached hydrogen (secondary N) is 1. The van der Waals surface area contributed by atoms with Crippen LogP contribution in [0.3, 0.4) is 0 Å². The average molecular weight is 475 g/mol. The van der Waals surface area contributed by atoms with Crippen molar-refractivity contribution in [2.75, 3.05) is 25.2 Å². The maximum absolute atomic E-state index is 13.1. The van der Waals surface area contributed by atoms with Gasteiger partial charge in [-0.15, -0.1) is 0 Å². The molecule has 8 nitrogen and oxygen atoms in total. The lowest BCUT2D eigenvalue weighted by Gasteiger charge is -2.23. The number of nitrogens with zero attached hydrogens (tertiary/aromatic N) is 3. The number of benzene rings is 2. The summed E-state index contributed by atoms with van der Waals surface area (Å²) in [5, 5.41) is 2.95. The van der Waals surface area contributed by atoms with Gasteiger partial charge in [0.15, 0.2) is 0 Å². The highest BCUT2D eigenvalue weighted by atomic mass is 16.5. The van der Waals surface area contributed by atoms with Gasteiger partial charge in [-0.05, 0) is 55.5 Å². The average Bonchev–Trinajstić information content (AvgIpc) is 3.53. The number of aromatic nitrogens is 2. The van der Waals surface area contributed by atoms with Crippen molar-refractivity contribution >= 4 is 17.5 Å². The van der Waals surface area contributed by atoms with Crippen LogP contribution >= 0.6 is 0 Å². The Morgan fingerprint density at radius 3 is 2.80 bits per heavy atom. The number of anilines is 2. The predicted molar refractivity (Wildman–Crippen MR) is 132 cm³/mol. The third-order valence-corrected chi connectivity index (χ3v) is 6.46. The number of hydrogen-bond acceptors (Lipinski definition) is 7. The van der Waals surface area contributed by atoms with E-state index in [1.165, 1.54) is 5.56 Å². The molecule has 0 aliphatic carbocycles. The van der Waals surface area contributed by atoms with Gasteiger partial charge in [-0.2, -0.15) is 4.98 Å². The number of hydrogen-bond donors (Lipinski definition) is 1. The number of carbonyl (C=O) groups is 1. The van der Waals surface area contributed by atoms with Crippen LogP contribution in [0.2, 0.25) is 0 Å². The minimum absolute atomic E-state index is 0.0461. The SMILES string of the molecule is COc1ccc(COc2nc(N3c4ccccc4CC3C)ncc2C(=O)NCC2CCCO2)cc1. The van der Waals surface area contributed by atoms with E-state index in [2.05, 4.69) is 34.3 Å². The van der Waals surface area contributed by atoms with Crippen molar-refractivity contribution in [2.24, 2.45) is 0 Å². The fourth-order valence-electron chi connectivity index (χ4n) is 4.59. The highest BCUT2D eigenvalue weighted by molar-refractivity contribution is 5.96. The Kier molecular flexibility index (Phi) is 6.81. The number of methoxy groups -OCH3 is 1. The molecule has 3 aromatic rings. The van der Waals surface area contributed by atoms with Gasteiger partial charge in [0.2, 0.25) is 11.8 Å². The summed E-state index contributed by atoms with van der Waals surface area (Å²) in [6.45, 7) is 3.60. The molecule has 8 heteroatoms. The third kappa shape index (κ3) is 5.07. The summed E-state index contributed by atoms with van der Waals surface area (Å²) >= 11 is 0. The molecular weight excluding hydrogens is 444 g/mol. The second-order valence-corrected chi connectivity index (χ2v) is 8.92. The first kappa shape index (κ1) is 23.1. The Morgan fingerprint density at radius 2 is 2.03 bits per heavy atom. The quantitative estimate of drug-likeness (QED) is 0.527. The maximum Gasteiger partial charge on any atom is 0.258 e. The van der Waals surface area contributed by atoms with Crippen LogP contribution in [-0.2, 0) is 17.8 Å². The van der Waals surface area contributed by atoms with Crippen LogP contribution in [-0.4, -0.2) is 48.3 Å². The summed E-state index contributed by atoms with van der Waals surface area (Å²) < 4.78 is 17.0. The normalized spacial score (nSPS) is 18.9. The molecule has 1 aromatic heterocycles. The van der Waals surface area contributed by atoms with Gasteiger partial charge in [0, 0.05) is 31.1 Å². The lowest BCUT2D eigenvalue weighted by Crippen LogP contribution is -2.32. The van der Waals surface area contributed by atoms with Gasteiger partial charge in [-0.25, -0.2) is 4.98 Å². The molecule has 5 rings (SSSR count). The lowest BCUT2D eigenvalue weighted by atomic mass is 10.1. The minimum atomic E-state index is -0.272. The van der Waals surface area contributed by atoms with E-state index in [4.69, 9.17) is 19.2 Å². The van der Waals surface area contributed by atoms with E-state index in [1.54, 1.807) is 13.3 Å². The maximum atomic E-state index is 13.1. The molecular formula is C27H30N4O4. The molecule has 0 saturated carbocycles. The minimum Gasteiger partial charge on any atom is -0.497 e. The third-order valence-electron chi connectivity index (χ3n) is 6.46. The zero-order chi connectivity index (χ0) is 24.2. The fraction of sp³-hybridized carbons (Fsp3) is 0.370. The molecule has 0 radical (unpaired) electrons. The number of ether oxygens (including phenoxy) is 3. The molecule has 1 saturated heterocycles. The molecule has 182 valence electrons. The second kappa shape index (κ2) is 10.3. The smallest absolute Gasteiger partial charge is 0.258 e. The zero-order valence-corrected chi connectivity index (χ0v) is 20.1. The molecule has 1 fully saturated rings. The van der Waals surface area contributed by atoms with Crippen molar-refractivity contribution < 1.29 is 19.0 Å². The van der Waals surface area contributed by atoms with Gasteiger partial charge in [0.05, 0.1) is 13.2 Å². The molecule has 2 unspecified atom stereocenters. The molecule has 2 atom stereocenters. The first-order chi connectivity index (χ1) is 17.1. The summed E-state index contributed by atoms with van der Waals surface area (Å²) in [6.07, 6.45) is 4.48. The first-order valence-corrected chi connectivity index (χ1v) is 12.0. The summed E-state index contributed by atoms with van der Waals surface area (Å²) in [5.41, 5.74) is 3.58. The summed E-state index contributed by atoms with van der Waals surface area (Å²) in [6, 6.07) is 16.1. The van der Waals surface area contributed by atoms with E-state index in [9.17, 15) is 4.79 Å². The second-order valence-electron chi connectivity index (χ2n) is 8.92. The van der Waals surface area contributed by atoms with E-state index >= 15 is 0 Å². The topological polar surface area (TPSA) is 85.8 Å². The number of carbonyl (C=O) groups excluding carboxylic acids is 1. The van der Waals surface area contributed by atoms with E-state index in [0.29, 0.717) is 18.1 Å². The predicted octanol–water partition coefficient (Wildman–Crippen LogP) is 4.06. The molecule has 2 aliphatic heterocycles. The summed E-state index contributed by atoms with van der Waals surface area (Å²) in [4.78, 5) is 24.5. The monoisotopic (exact) mass is 474 g/mol. The zero-order valence-electron chi connectivity index (χ0n) is 20.1. The van der Waals surface area contributed by atoms with Crippen molar-refractivity contribution in [1.82, 2.24) is 15.3 Å². The van der Waals surface area contributed by atoms with Crippen LogP contribution in [0.1, 0.15) is 41.3 Å². The van der Waals surface area contributed by atoms with Gasteiger partial charge in [0.1, 0.15) is 17.9 Å². The molecule has 0 bridgehead atoms. The van der Waals surface area contributed by atoms with Crippen molar-refractivity contribution in [1.29, 1.82) is 0 Å². The highest BCUT2D eigenvalue weighted by Gasteiger charge is 2.30. The molecule has 1 amide bonds. The van der Waals surface area contributed by atoms with E-state index in [-0.39, 0.29) is 30.5 Å². The molecule has 3 heterocycles. The van der Waals surface area contributed by atoms with E-state index in [1.807, 2.05) is 36.4 Å². The lowest BCUT2D eigenvalue weighted by molar-refractivity contribution is 0.0853. The van der Waals surface area contributed by atoms with Crippen LogP contribution in [0.25, 0.3) is 0 Å². The Balaban J connectivity index is 1.41. The van der Waals surface area contributed by atoms with Crippen molar-refractivity contribution in [3.8, 4) is 11.6 Å². The summed E-state index contributed by atoms with van der Waals surface area (Å²) in [5.74, 6) is 1.27. The van der Waals surface area contributed by atoms with Gasteiger partial charge in [-0.3, -0.25) is 4.79 Å². The Labute approximate surface area is 205 Å². The molecule has 0 spiro atoms. The van der Waals surface area contributed by atoms with Crippen molar-refractivity contribution in [2.45, 2.75) is 44.9 Å². The number of fused-ring (bicyclic) bond motifs is 1. The van der Waals surface area contributed by atoms with Crippen molar-refractivity contribution in [3.63, 3.8) is 0 Å². The summed E-state index contributed by atoms with van der Waals surface area (Å²) in [7, 11) is 1.63. The number of amides is 1. The highest BCUT2D eigenvalue weighted by Crippen LogP contribution is 2.37. The molecule has 2 aromatic carbocycles. The van der Waals surface area contributed by atoms with Crippen LogP contribution < -0.4 is 19.7 Å². The largest absolute Gasteiger partial charge is 0.497 e. The van der Waals surface area contributed by atoms with Gasteiger partial charge in [-0.1, -0.05) is 30.3 Å². The van der Waals surface area contributed by atoms with E-state index < -0.39 is 0 Å². The number of para-hydroxylation sites is 1. The van der Waals surface area contributed by atoms with Crippen LogP contribution in [0.4, 0.5) is 11.6 Å². The fourth-order valence-corrected chi connectivity index (χ4v) is 4.59. The molecule has 2 aliphatic rings. The molecule has 35 heavy (non-hydrogen) atoms. The number of rotatable bonds is 8. The first-order valence-electron chi connectivity index (χ1n) is 12.0. The molecule has 1 N–H and O–H groups in total. The van der Waals surface area contributed by atoms with Gasteiger partial charge in [0.25, 0.3) is 5.91 Å². The Morgan fingerprint density at radius 1 is 1.20 bits per heavy atom. The standard InChI is InChI=1S/C27H30N4O4/c1-18-14-20-6-3-4-8-24(20)31(18)27-29-16-23(25(32)28-15-22-7-5-13-34-22)26(30-27)35-17-19-9-11-21(33-2)12-10-19/h3-4,6,8-12,16,18,22H,5,7,13-15,17H2,1-2H3,(H,28,32). The Hall–Kier alpha value is -3.65. The van der Waals surface area contributed by atoms with Gasteiger partial charge >= 0.3 is 0 Å². The van der Waals surface area contributed by atoms with Crippen LogP contribution in [0, 0.1) is 0 Å². The van der Waals surface area contributed by atoms with Crippen LogP contribution in [0.5, 0.6) is 11.6 Å². The Bertz CT molecular complexity index is 1180.